The number of rotatable bonds is 3. The van der Waals surface area contributed by atoms with Crippen molar-refractivity contribution in [3.05, 3.63) is 34.3 Å². The van der Waals surface area contributed by atoms with Crippen LogP contribution in [0.2, 0.25) is 0 Å². The second kappa shape index (κ2) is 6.53. The van der Waals surface area contributed by atoms with Crippen molar-refractivity contribution in [3.8, 4) is 0 Å². The van der Waals surface area contributed by atoms with Gasteiger partial charge in [0.25, 0.3) is 0 Å². The van der Waals surface area contributed by atoms with Crippen LogP contribution in [0.5, 0.6) is 0 Å². The van der Waals surface area contributed by atoms with E-state index in [1.54, 1.807) is 0 Å². The zero-order valence-electron chi connectivity index (χ0n) is 8.23. The standard InChI is InChI=1S/C7H3Br3N6S/c1-17-7-3(9)5(13-15-11)2(8)6(4(7)10)14-16-12/h1H3. The minimum Gasteiger partial charge on any atom is -0.127 e. The Morgan fingerprint density at radius 3 is 1.65 bits per heavy atom. The maximum atomic E-state index is 8.52. The molecule has 0 fully saturated rings. The molecule has 0 atom stereocenters. The normalized spacial score (nSPS) is 9.41. The lowest BCUT2D eigenvalue weighted by molar-refractivity contribution is 1.26. The maximum Gasteiger partial charge on any atom is 0.0676 e. The first-order valence-corrected chi connectivity index (χ1v) is 7.53. The third-order valence-corrected chi connectivity index (χ3v) is 5.36. The van der Waals surface area contributed by atoms with Gasteiger partial charge in [0.2, 0.25) is 0 Å². The number of nitrogens with zero attached hydrogens (tertiary/aromatic N) is 6. The smallest absolute Gasteiger partial charge is 0.0676 e. The molecule has 6 nitrogen and oxygen atoms in total. The van der Waals surface area contributed by atoms with Gasteiger partial charge in [0.1, 0.15) is 0 Å². The van der Waals surface area contributed by atoms with Gasteiger partial charge in [-0.05, 0) is 65.1 Å². The van der Waals surface area contributed by atoms with Crippen molar-refractivity contribution in [2.24, 2.45) is 10.2 Å². The molecule has 0 unspecified atom stereocenters. The molecule has 88 valence electrons. The van der Waals surface area contributed by atoms with E-state index in [9.17, 15) is 0 Å². The molecule has 1 rings (SSSR count). The molecule has 1 aromatic rings. The van der Waals surface area contributed by atoms with Crippen LogP contribution in [-0.4, -0.2) is 6.26 Å². The summed E-state index contributed by atoms with van der Waals surface area (Å²) in [5.74, 6) is 0. The van der Waals surface area contributed by atoms with E-state index in [1.165, 1.54) is 11.8 Å². The molecule has 0 saturated heterocycles. The van der Waals surface area contributed by atoms with Gasteiger partial charge in [-0.3, -0.25) is 0 Å². The number of hydrogen-bond donors (Lipinski definition) is 0. The molecule has 0 amide bonds. The van der Waals surface area contributed by atoms with Crippen molar-refractivity contribution >= 4 is 70.9 Å². The lowest BCUT2D eigenvalue weighted by atomic mass is 10.3. The van der Waals surface area contributed by atoms with Crippen LogP contribution in [0.3, 0.4) is 0 Å². The van der Waals surface area contributed by atoms with Gasteiger partial charge in [0, 0.05) is 28.1 Å². The fourth-order valence-corrected chi connectivity index (χ4v) is 4.89. The Bertz CT molecular complexity index is 516. The zero-order chi connectivity index (χ0) is 13.0. The topological polar surface area (TPSA) is 97.5 Å². The zero-order valence-corrected chi connectivity index (χ0v) is 13.8. The Labute approximate surface area is 126 Å². The van der Waals surface area contributed by atoms with Crippen LogP contribution in [0.25, 0.3) is 20.9 Å². The monoisotopic (exact) mass is 440 g/mol. The summed E-state index contributed by atoms with van der Waals surface area (Å²) < 4.78 is 1.71. The Kier molecular flexibility index (Phi) is 5.64. The summed E-state index contributed by atoms with van der Waals surface area (Å²) in [6.45, 7) is 0. The molecule has 0 N–H and O–H groups in total. The second-order valence-corrected chi connectivity index (χ2v) is 5.75. The van der Waals surface area contributed by atoms with Crippen molar-refractivity contribution in [1.29, 1.82) is 0 Å². The summed E-state index contributed by atoms with van der Waals surface area (Å²) in [6.07, 6.45) is 1.86. The van der Waals surface area contributed by atoms with Crippen LogP contribution >= 0.6 is 59.6 Å². The van der Waals surface area contributed by atoms with Crippen molar-refractivity contribution in [3.63, 3.8) is 0 Å². The third kappa shape index (κ3) is 2.90. The van der Waals surface area contributed by atoms with E-state index < -0.39 is 0 Å². The van der Waals surface area contributed by atoms with Gasteiger partial charge in [-0.2, -0.15) is 0 Å². The number of hydrogen-bond acceptors (Lipinski definition) is 3. The molecule has 0 bridgehead atoms. The number of halogens is 3. The molecule has 0 aromatic heterocycles. The molecular weight excluding hydrogens is 440 g/mol. The fraction of sp³-hybridized carbons (Fsp3) is 0.143. The van der Waals surface area contributed by atoms with Gasteiger partial charge in [-0.15, -0.1) is 11.8 Å². The summed E-state index contributed by atoms with van der Waals surface area (Å²) in [6, 6.07) is 0. The van der Waals surface area contributed by atoms with E-state index >= 15 is 0 Å². The molecule has 0 heterocycles. The van der Waals surface area contributed by atoms with Crippen LogP contribution < -0.4 is 0 Å². The molecule has 0 spiro atoms. The van der Waals surface area contributed by atoms with E-state index in [-0.39, 0.29) is 0 Å². The first-order valence-electron chi connectivity index (χ1n) is 3.93. The number of azide groups is 2. The average Bonchev–Trinajstić information content (AvgIpc) is 2.31. The minimum absolute atomic E-state index is 0.349. The second-order valence-electron chi connectivity index (χ2n) is 2.55. The van der Waals surface area contributed by atoms with E-state index in [0.717, 1.165) is 4.90 Å². The minimum atomic E-state index is 0.349. The first kappa shape index (κ1) is 14.7. The largest absolute Gasteiger partial charge is 0.127 e. The molecule has 0 radical (unpaired) electrons. The van der Waals surface area contributed by atoms with Gasteiger partial charge in [-0.25, -0.2) is 0 Å². The highest BCUT2D eigenvalue weighted by Gasteiger charge is 2.18. The van der Waals surface area contributed by atoms with Crippen LogP contribution in [-0.2, 0) is 0 Å². The molecule has 10 heteroatoms. The van der Waals surface area contributed by atoms with Gasteiger partial charge in [0.05, 0.1) is 11.4 Å². The summed E-state index contributed by atoms with van der Waals surface area (Å²) in [5.41, 5.74) is 17.7. The van der Waals surface area contributed by atoms with Crippen molar-refractivity contribution in [2.75, 3.05) is 6.26 Å². The summed E-state index contributed by atoms with van der Waals surface area (Å²) in [7, 11) is 0. The Morgan fingerprint density at radius 2 is 1.35 bits per heavy atom. The van der Waals surface area contributed by atoms with Gasteiger partial charge >= 0.3 is 0 Å². The van der Waals surface area contributed by atoms with Crippen LogP contribution in [0.4, 0.5) is 11.4 Å². The van der Waals surface area contributed by atoms with Crippen molar-refractivity contribution in [1.82, 2.24) is 0 Å². The van der Waals surface area contributed by atoms with E-state index in [1.807, 2.05) is 6.26 Å². The van der Waals surface area contributed by atoms with Crippen molar-refractivity contribution < 1.29 is 0 Å². The van der Waals surface area contributed by atoms with Gasteiger partial charge < -0.3 is 0 Å². The molecular formula is C7H3Br3N6S. The van der Waals surface area contributed by atoms with E-state index in [2.05, 4.69) is 67.8 Å². The Balaban J connectivity index is 3.80. The molecule has 1 aromatic carbocycles. The predicted octanol–water partition coefficient (Wildman–Crippen LogP) is 6.58. The van der Waals surface area contributed by atoms with Gasteiger partial charge in [-0.1, -0.05) is 10.2 Å². The van der Waals surface area contributed by atoms with E-state index in [4.69, 9.17) is 11.1 Å². The SMILES string of the molecule is CSc1c(Br)c(N=[N+]=[N-])c(Br)c(N=[N+]=[N-])c1Br. The maximum absolute atomic E-state index is 8.52. The molecule has 0 saturated carbocycles. The molecule has 0 aliphatic rings. The highest BCUT2D eigenvalue weighted by molar-refractivity contribution is 9.12. The number of benzene rings is 1. The highest BCUT2D eigenvalue weighted by atomic mass is 79.9. The Morgan fingerprint density at radius 1 is 0.941 bits per heavy atom. The quantitative estimate of drug-likeness (QED) is 0.224. The predicted molar refractivity (Wildman–Crippen MR) is 78.9 cm³/mol. The lowest BCUT2D eigenvalue weighted by Gasteiger charge is -2.12. The Hall–Kier alpha value is -0.370. The van der Waals surface area contributed by atoms with Crippen LogP contribution in [0.1, 0.15) is 0 Å². The summed E-state index contributed by atoms with van der Waals surface area (Å²) >= 11 is 11.4. The first-order chi connectivity index (χ1) is 8.08. The third-order valence-electron chi connectivity index (χ3n) is 1.72. The molecule has 0 aliphatic carbocycles. The van der Waals surface area contributed by atoms with Crippen LogP contribution in [0.15, 0.2) is 28.5 Å². The van der Waals surface area contributed by atoms with Crippen LogP contribution in [0, 0.1) is 0 Å². The van der Waals surface area contributed by atoms with Gasteiger partial charge in [0.15, 0.2) is 0 Å². The summed E-state index contributed by atoms with van der Waals surface area (Å²) in [4.78, 5) is 6.27. The molecule has 17 heavy (non-hydrogen) atoms. The number of thioether (sulfide) groups is 1. The fourth-order valence-electron chi connectivity index (χ4n) is 1.06. The lowest BCUT2D eigenvalue weighted by Crippen LogP contribution is -1.82. The average molecular weight is 443 g/mol. The summed E-state index contributed by atoms with van der Waals surface area (Å²) in [5, 5.41) is 7.14. The van der Waals surface area contributed by atoms with Crippen molar-refractivity contribution in [2.45, 2.75) is 4.90 Å². The highest BCUT2D eigenvalue weighted by Crippen LogP contribution is 2.51. The molecule has 0 aliphatic heterocycles. The van der Waals surface area contributed by atoms with E-state index in [0.29, 0.717) is 24.8 Å².